The minimum absolute atomic E-state index is 0.125. The van der Waals surface area contributed by atoms with Gasteiger partial charge in [0.1, 0.15) is 0 Å². The number of rotatable bonds is 0. The maximum atomic E-state index is 10.4. The predicted molar refractivity (Wildman–Crippen MR) is 26.7 cm³/mol. The van der Waals surface area contributed by atoms with Gasteiger partial charge in [0, 0.05) is 6.42 Å². The van der Waals surface area contributed by atoms with Gasteiger partial charge in [-0.2, -0.15) is 0 Å². The largest absolute Gasteiger partial charge is 0.318 e. The Bertz CT molecular complexity index is 117. The van der Waals surface area contributed by atoms with Crippen LogP contribution in [0.25, 0.3) is 0 Å². The monoisotopic (exact) mass is 97.1 g/mol. The van der Waals surface area contributed by atoms with Gasteiger partial charge in [0.2, 0.25) is 0 Å². The van der Waals surface area contributed by atoms with Crippen molar-refractivity contribution in [3.8, 4) is 0 Å². The van der Waals surface area contributed by atoms with E-state index in [0.29, 0.717) is 6.42 Å². The summed E-state index contributed by atoms with van der Waals surface area (Å²) in [5, 5.41) is 0. The molecule has 2 N–H and O–H groups in total. The van der Waals surface area contributed by atoms with Crippen molar-refractivity contribution in [1.82, 2.24) is 0 Å². The predicted octanol–water partition coefficient (Wildman–Crippen LogP) is -0.157. The summed E-state index contributed by atoms with van der Waals surface area (Å²) in [7, 11) is 0. The maximum Gasteiger partial charge on any atom is 0.157 e. The number of allylic oxidation sites excluding steroid dienone is 1. The summed E-state index contributed by atoms with van der Waals surface area (Å²) < 4.78 is 0. The van der Waals surface area contributed by atoms with Crippen LogP contribution in [0.15, 0.2) is 12.2 Å². The first-order valence-electron chi connectivity index (χ1n) is 2.25. The average Bonchev–Trinajstić information content (AvgIpc) is 1.91. The zero-order chi connectivity index (χ0) is 5.28. The molecule has 0 aromatic carbocycles. The van der Waals surface area contributed by atoms with Crippen molar-refractivity contribution in [3.05, 3.63) is 12.2 Å². The van der Waals surface area contributed by atoms with Gasteiger partial charge in [-0.15, -0.1) is 0 Å². The molecule has 0 aromatic heterocycles. The molecule has 1 aliphatic rings. The number of Topliss-reactive ketones (excluding diaryl/α,β-unsaturated/α-hetero) is 1. The topological polar surface area (TPSA) is 43.1 Å². The molecule has 0 heterocycles. The van der Waals surface area contributed by atoms with E-state index in [-0.39, 0.29) is 11.8 Å². The van der Waals surface area contributed by atoms with E-state index in [1.807, 2.05) is 0 Å². The molecule has 7 heavy (non-hydrogen) atoms. The van der Waals surface area contributed by atoms with E-state index in [9.17, 15) is 4.79 Å². The molecule has 2 heteroatoms. The highest BCUT2D eigenvalue weighted by atomic mass is 16.1. The van der Waals surface area contributed by atoms with Gasteiger partial charge < -0.3 is 5.73 Å². The Labute approximate surface area is 42.0 Å². The van der Waals surface area contributed by atoms with Crippen molar-refractivity contribution < 1.29 is 4.79 Å². The molecular weight excluding hydrogens is 90.1 g/mol. The second kappa shape index (κ2) is 1.46. The summed E-state index contributed by atoms with van der Waals surface area (Å²) in [4.78, 5) is 10.4. The van der Waals surface area contributed by atoms with Crippen LogP contribution in [0, 0.1) is 0 Å². The van der Waals surface area contributed by atoms with E-state index < -0.39 is 0 Å². The fourth-order valence-electron chi connectivity index (χ4n) is 0.574. The van der Waals surface area contributed by atoms with Gasteiger partial charge in [-0.3, -0.25) is 4.79 Å². The zero-order valence-electron chi connectivity index (χ0n) is 3.92. The van der Waals surface area contributed by atoms with Crippen molar-refractivity contribution in [2.75, 3.05) is 0 Å². The average molecular weight is 97.1 g/mol. The second-order valence-corrected chi connectivity index (χ2v) is 1.62. The van der Waals surface area contributed by atoms with Crippen LogP contribution >= 0.6 is 0 Å². The van der Waals surface area contributed by atoms with Crippen LogP contribution in [0.3, 0.4) is 0 Å². The Morgan fingerprint density at radius 3 is 2.71 bits per heavy atom. The van der Waals surface area contributed by atoms with Crippen LogP contribution in [0.2, 0.25) is 0 Å². The number of hydrogen-bond acceptors (Lipinski definition) is 2. The molecule has 0 aliphatic heterocycles. The molecule has 2 nitrogen and oxygen atoms in total. The van der Waals surface area contributed by atoms with Gasteiger partial charge in [0.25, 0.3) is 0 Å². The third kappa shape index (κ3) is 0.695. The minimum atomic E-state index is -0.306. The highest BCUT2D eigenvalue weighted by Gasteiger charge is 2.12. The lowest BCUT2D eigenvalue weighted by Gasteiger charge is -1.90. The van der Waals surface area contributed by atoms with Crippen molar-refractivity contribution in [2.24, 2.45) is 5.73 Å². The van der Waals surface area contributed by atoms with Crippen molar-refractivity contribution in [3.63, 3.8) is 0 Å². The number of carbonyl (C=O) groups is 1. The summed E-state index contributed by atoms with van der Waals surface area (Å²) >= 11 is 0. The van der Waals surface area contributed by atoms with Crippen LogP contribution in [0.4, 0.5) is 0 Å². The summed E-state index contributed by atoms with van der Waals surface area (Å²) in [6.07, 6.45) is 4.05. The molecule has 1 atom stereocenters. The van der Waals surface area contributed by atoms with E-state index in [0.717, 1.165) is 0 Å². The number of carbonyl (C=O) groups excluding carboxylic acids is 1. The fourth-order valence-corrected chi connectivity index (χ4v) is 0.574. The first-order valence-corrected chi connectivity index (χ1v) is 2.25. The van der Waals surface area contributed by atoms with E-state index in [4.69, 9.17) is 5.73 Å². The number of ketones is 1. The van der Waals surface area contributed by atoms with Crippen LogP contribution in [-0.4, -0.2) is 11.8 Å². The highest BCUT2D eigenvalue weighted by molar-refractivity contribution is 5.89. The van der Waals surface area contributed by atoms with E-state index in [1.165, 1.54) is 0 Å². The molecule has 0 fully saturated rings. The Kier molecular flexibility index (Phi) is 0.947. The van der Waals surface area contributed by atoms with Crippen molar-refractivity contribution in [2.45, 2.75) is 12.5 Å². The molecule has 1 unspecified atom stereocenters. The fraction of sp³-hybridized carbons (Fsp3) is 0.400. The summed E-state index contributed by atoms with van der Waals surface area (Å²) in [5.41, 5.74) is 5.24. The van der Waals surface area contributed by atoms with E-state index in [2.05, 4.69) is 0 Å². The van der Waals surface area contributed by atoms with Crippen LogP contribution in [0.1, 0.15) is 6.42 Å². The summed E-state index contributed by atoms with van der Waals surface area (Å²) in [6, 6.07) is -0.306. The van der Waals surface area contributed by atoms with Gasteiger partial charge in [0.05, 0.1) is 6.04 Å². The molecule has 0 amide bonds. The molecule has 1 aliphatic carbocycles. The Morgan fingerprint density at radius 2 is 2.57 bits per heavy atom. The van der Waals surface area contributed by atoms with Crippen molar-refractivity contribution >= 4 is 5.78 Å². The highest BCUT2D eigenvalue weighted by Crippen LogP contribution is 2.00. The maximum absolute atomic E-state index is 10.4. The Hall–Kier alpha value is -0.630. The zero-order valence-corrected chi connectivity index (χ0v) is 3.92. The standard InChI is InChI=1S/C5H7NO/c6-4-2-1-3-5(4)7/h1-2,4H,3,6H2. The first kappa shape index (κ1) is 4.53. The van der Waals surface area contributed by atoms with Crippen molar-refractivity contribution in [1.29, 1.82) is 0 Å². The molecule has 0 spiro atoms. The third-order valence-corrected chi connectivity index (χ3v) is 1.03. The molecule has 0 saturated carbocycles. The van der Waals surface area contributed by atoms with Gasteiger partial charge in [0.15, 0.2) is 5.78 Å². The van der Waals surface area contributed by atoms with Crippen LogP contribution in [0.5, 0.6) is 0 Å². The lowest BCUT2D eigenvalue weighted by Crippen LogP contribution is -2.23. The molecule has 0 saturated heterocycles. The number of hydrogen-bond donors (Lipinski definition) is 1. The quantitative estimate of drug-likeness (QED) is 0.427. The normalized spacial score (nSPS) is 29.3. The summed E-state index contributed by atoms with van der Waals surface area (Å²) in [5.74, 6) is 0.125. The van der Waals surface area contributed by atoms with Crippen LogP contribution in [-0.2, 0) is 4.79 Å². The molecule has 38 valence electrons. The Balaban J connectivity index is 2.62. The lowest BCUT2D eigenvalue weighted by atomic mass is 10.3. The first-order chi connectivity index (χ1) is 3.30. The summed E-state index contributed by atoms with van der Waals surface area (Å²) in [6.45, 7) is 0. The van der Waals surface area contributed by atoms with E-state index in [1.54, 1.807) is 12.2 Å². The Morgan fingerprint density at radius 1 is 1.86 bits per heavy atom. The molecule has 0 radical (unpaired) electrons. The smallest absolute Gasteiger partial charge is 0.157 e. The van der Waals surface area contributed by atoms with Crippen LogP contribution < -0.4 is 5.73 Å². The SMILES string of the molecule is NC1C=CCC1=O. The van der Waals surface area contributed by atoms with E-state index >= 15 is 0 Å². The van der Waals surface area contributed by atoms with Gasteiger partial charge in [-0.1, -0.05) is 12.2 Å². The molecular formula is C5H7NO. The van der Waals surface area contributed by atoms with Gasteiger partial charge >= 0.3 is 0 Å². The molecule has 1 rings (SSSR count). The lowest BCUT2D eigenvalue weighted by molar-refractivity contribution is -0.117. The second-order valence-electron chi connectivity index (χ2n) is 1.62. The van der Waals surface area contributed by atoms with Gasteiger partial charge in [-0.05, 0) is 0 Å². The number of nitrogens with two attached hydrogens (primary N) is 1. The molecule has 0 bridgehead atoms. The third-order valence-electron chi connectivity index (χ3n) is 1.03. The van der Waals surface area contributed by atoms with Gasteiger partial charge in [-0.25, -0.2) is 0 Å². The molecule has 0 aromatic rings. The minimum Gasteiger partial charge on any atom is -0.318 e.